The number of benzene rings is 3. The first-order valence-corrected chi connectivity index (χ1v) is 19.8. The minimum atomic E-state index is -4.41. The van der Waals surface area contributed by atoms with Crippen LogP contribution in [0, 0.1) is 5.92 Å². The number of alkyl halides is 3. The zero-order valence-electron chi connectivity index (χ0n) is 33.4. The number of carbonyl (C=O) groups excluding carboxylic acids is 3. The molecule has 0 aromatic heterocycles. The normalized spacial score (nSPS) is 18.9. The number of para-hydroxylation sites is 2. The number of hydrogen-bond acceptors (Lipinski definition) is 8. The highest BCUT2D eigenvalue weighted by molar-refractivity contribution is 6.00. The number of hydrogen-bond donors (Lipinski definition) is 4. The summed E-state index contributed by atoms with van der Waals surface area (Å²) in [5, 5.41) is 16.0. The molecule has 3 aromatic rings. The predicted octanol–water partition coefficient (Wildman–Crippen LogP) is 7.74. The molecule has 1 heterocycles. The van der Waals surface area contributed by atoms with Gasteiger partial charge in [-0.25, -0.2) is 0 Å². The minimum Gasteiger partial charge on any atom is -0.490 e. The van der Waals surface area contributed by atoms with Crippen LogP contribution in [0.2, 0.25) is 0 Å². The maximum Gasteiger partial charge on any atom is 0.416 e. The number of likely N-dealkylation sites (N-methyl/N-ethyl adjacent to an activating group) is 1. The molecule has 0 aliphatic carbocycles. The lowest BCUT2D eigenvalue weighted by Crippen LogP contribution is -2.47. The predicted molar refractivity (Wildman–Crippen MR) is 216 cm³/mol. The smallest absolute Gasteiger partial charge is 0.416 e. The Morgan fingerprint density at radius 2 is 1.67 bits per heavy atom. The molecule has 57 heavy (non-hydrogen) atoms. The molecule has 0 spiro atoms. The van der Waals surface area contributed by atoms with Crippen LogP contribution in [0.25, 0.3) is 0 Å². The molecule has 4 atom stereocenters. The van der Waals surface area contributed by atoms with E-state index in [0.29, 0.717) is 74.6 Å². The molecule has 11 nitrogen and oxygen atoms in total. The van der Waals surface area contributed by atoms with Gasteiger partial charge in [0.05, 0.1) is 47.4 Å². The van der Waals surface area contributed by atoms with E-state index in [1.165, 1.54) is 12.1 Å². The highest BCUT2D eigenvalue weighted by atomic mass is 19.4. The second-order valence-electron chi connectivity index (χ2n) is 15.1. The first-order valence-electron chi connectivity index (χ1n) is 19.8. The van der Waals surface area contributed by atoms with E-state index in [1.807, 2.05) is 25.8 Å². The third kappa shape index (κ3) is 14.3. The number of halogens is 3. The van der Waals surface area contributed by atoms with Crippen molar-refractivity contribution in [2.45, 2.75) is 103 Å². The summed E-state index contributed by atoms with van der Waals surface area (Å²) in [7, 11) is 1.88. The SMILES string of the molecule is C[C@@H]1CCCCO[C@@H](CN(C)Cc2ccc(C(F)(F)F)cc2)[C@@H](C)CN([C@H](C)CO)C(=O)c2cc(NC(=O)CCCCCC(=O)Nc3ccccc3N)ccc2O1. The van der Waals surface area contributed by atoms with Gasteiger partial charge in [-0.3, -0.25) is 19.3 Å². The average molecular weight is 798 g/mol. The third-order valence-electron chi connectivity index (χ3n) is 10.1. The van der Waals surface area contributed by atoms with Crippen molar-refractivity contribution in [2.75, 3.05) is 49.7 Å². The summed E-state index contributed by atoms with van der Waals surface area (Å²) in [6.07, 6.45) is -0.275. The number of carbonyl (C=O) groups is 3. The van der Waals surface area contributed by atoms with Gasteiger partial charge in [-0.15, -0.1) is 0 Å². The minimum absolute atomic E-state index is 0.144. The highest BCUT2D eigenvalue weighted by Gasteiger charge is 2.32. The number of unbranched alkanes of at least 4 members (excludes halogenated alkanes) is 2. The van der Waals surface area contributed by atoms with Crippen molar-refractivity contribution in [3.05, 3.63) is 83.4 Å². The third-order valence-corrected chi connectivity index (χ3v) is 10.1. The Balaban J connectivity index is 1.42. The van der Waals surface area contributed by atoms with Crippen LogP contribution in [-0.4, -0.2) is 84.2 Å². The molecule has 0 fully saturated rings. The Bertz CT molecular complexity index is 1760. The maximum absolute atomic E-state index is 14.4. The van der Waals surface area contributed by atoms with Crippen molar-refractivity contribution in [1.82, 2.24) is 9.80 Å². The number of nitrogen functional groups attached to an aromatic ring is 1. The Morgan fingerprint density at radius 3 is 2.33 bits per heavy atom. The summed E-state index contributed by atoms with van der Waals surface area (Å²) in [5.41, 5.74) is 7.68. The second-order valence-corrected chi connectivity index (χ2v) is 15.1. The van der Waals surface area contributed by atoms with Gasteiger partial charge in [0.1, 0.15) is 5.75 Å². The van der Waals surface area contributed by atoms with Crippen molar-refractivity contribution in [2.24, 2.45) is 5.92 Å². The molecule has 5 N–H and O–H groups in total. The summed E-state index contributed by atoms with van der Waals surface area (Å²) >= 11 is 0. The summed E-state index contributed by atoms with van der Waals surface area (Å²) in [5.74, 6) is -0.561. The van der Waals surface area contributed by atoms with Crippen LogP contribution in [-0.2, 0) is 27.0 Å². The summed E-state index contributed by atoms with van der Waals surface area (Å²) < 4.78 is 52.1. The zero-order valence-corrected chi connectivity index (χ0v) is 33.4. The topological polar surface area (TPSA) is 146 Å². The summed E-state index contributed by atoms with van der Waals surface area (Å²) in [6.45, 7) is 6.97. The standard InChI is InChI=1S/C43H58F3N5O6/c1-29-25-51(30(2)28-52)42(55)35-24-34(48-40(53)15-6-5-7-16-41(54)49-37-14-9-8-13-36(37)47)21-22-38(35)57-31(3)12-10-11-23-56-39(29)27-50(4)26-32-17-19-33(20-18-32)43(44,45)46/h8-9,13-14,17-22,24,29-31,39,52H,5-7,10-12,15-16,23,25-28,47H2,1-4H3,(H,48,53)(H,49,54)/t29-,30+,31+,39-/m0/s1. The van der Waals surface area contributed by atoms with Gasteiger partial charge in [0.25, 0.3) is 5.91 Å². The number of aliphatic hydroxyl groups excluding tert-OH is 1. The molecule has 0 saturated heterocycles. The number of amides is 3. The number of rotatable bonds is 14. The molecular weight excluding hydrogens is 739 g/mol. The molecule has 14 heteroatoms. The van der Waals surface area contributed by atoms with Crippen LogP contribution in [0.5, 0.6) is 5.75 Å². The fourth-order valence-corrected chi connectivity index (χ4v) is 6.74. The van der Waals surface area contributed by atoms with Gasteiger partial charge in [-0.2, -0.15) is 13.2 Å². The number of fused-ring (bicyclic) bond motifs is 1. The van der Waals surface area contributed by atoms with E-state index in [0.717, 1.165) is 30.5 Å². The first kappa shape index (κ1) is 45.0. The quantitative estimate of drug-likeness (QED) is 0.0958. The Morgan fingerprint density at radius 1 is 0.982 bits per heavy atom. The van der Waals surface area contributed by atoms with E-state index in [1.54, 1.807) is 54.3 Å². The molecule has 3 amide bonds. The fraction of sp³-hybridized carbons (Fsp3) is 0.512. The molecule has 1 aliphatic heterocycles. The van der Waals surface area contributed by atoms with E-state index in [9.17, 15) is 32.7 Å². The van der Waals surface area contributed by atoms with E-state index in [4.69, 9.17) is 15.2 Å². The van der Waals surface area contributed by atoms with Gasteiger partial charge >= 0.3 is 6.18 Å². The van der Waals surface area contributed by atoms with Crippen LogP contribution in [0.4, 0.5) is 30.2 Å². The maximum atomic E-state index is 14.4. The molecule has 1 aliphatic rings. The number of anilines is 3. The fourth-order valence-electron chi connectivity index (χ4n) is 6.74. The van der Waals surface area contributed by atoms with Gasteiger partial charge in [0.15, 0.2) is 0 Å². The van der Waals surface area contributed by atoms with Crippen molar-refractivity contribution < 1.29 is 42.1 Å². The molecule has 4 rings (SSSR count). The first-order chi connectivity index (χ1) is 27.1. The zero-order chi connectivity index (χ0) is 41.5. The Kier molecular flexibility index (Phi) is 17.2. The van der Waals surface area contributed by atoms with Gasteiger partial charge in [0, 0.05) is 50.7 Å². The lowest BCUT2D eigenvalue weighted by Gasteiger charge is -2.36. The van der Waals surface area contributed by atoms with Crippen LogP contribution < -0.4 is 21.1 Å². The second kappa shape index (κ2) is 21.8. The number of aliphatic hydroxyl groups is 1. The van der Waals surface area contributed by atoms with E-state index in [-0.39, 0.29) is 61.0 Å². The number of ether oxygens (including phenoxy) is 2. The van der Waals surface area contributed by atoms with Gasteiger partial charge in [0.2, 0.25) is 11.8 Å². The number of nitrogens with one attached hydrogen (secondary N) is 2. The van der Waals surface area contributed by atoms with Crippen molar-refractivity contribution in [3.63, 3.8) is 0 Å². The average Bonchev–Trinajstić information content (AvgIpc) is 3.16. The molecule has 0 radical (unpaired) electrons. The van der Waals surface area contributed by atoms with E-state index in [2.05, 4.69) is 10.6 Å². The molecule has 0 bridgehead atoms. The summed E-state index contributed by atoms with van der Waals surface area (Å²) in [4.78, 5) is 43.4. The molecule has 3 aromatic carbocycles. The monoisotopic (exact) mass is 797 g/mol. The molecule has 0 unspecified atom stereocenters. The van der Waals surface area contributed by atoms with Gasteiger partial charge in [-0.1, -0.05) is 37.6 Å². The van der Waals surface area contributed by atoms with E-state index >= 15 is 0 Å². The lowest BCUT2D eigenvalue weighted by atomic mass is 10.0. The lowest BCUT2D eigenvalue weighted by molar-refractivity contribution is -0.137. The van der Waals surface area contributed by atoms with E-state index < -0.39 is 17.8 Å². The van der Waals surface area contributed by atoms with Crippen molar-refractivity contribution in [3.8, 4) is 5.75 Å². The van der Waals surface area contributed by atoms with Crippen LogP contribution >= 0.6 is 0 Å². The Labute approximate surface area is 334 Å². The highest BCUT2D eigenvalue weighted by Crippen LogP contribution is 2.31. The summed E-state index contributed by atoms with van der Waals surface area (Å²) in [6, 6.07) is 16.6. The van der Waals surface area contributed by atoms with Crippen molar-refractivity contribution >= 4 is 34.8 Å². The van der Waals surface area contributed by atoms with Crippen molar-refractivity contribution in [1.29, 1.82) is 0 Å². The van der Waals surface area contributed by atoms with Crippen LogP contribution in [0.1, 0.15) is 93.6 Å². The number of nitrogens with zero attached hydrogens (tertiary/aromatic N) is 2. The van der Waals surface area contributed by atoms with Gasteiger partial charge < -0.3 is 35.8 Å². The molecule has 0 saturated carbocycles. The number of nitrogens with two attached hydrogens (primary N) is 1. The largest absolute Gasteiger partial charge is 0.490 e. The van der Waals surface area contributed by atoms with Crippen LogP contribution in [0.3, 0.4) is 0 Å². The molecular formula is C43H58F3N5O6. The molecule has 312 valence electrons. The Hall–Kier alpha value is -4.66. The van der Waals surface area contributed by atoms with Gasteiger partial charge in [-0.05, 0) is 101 Å². The van der Waals surface area contributed by atoms with Crippen LogP contribution in [0.15, 0.2) is 66.7 Å².